The maximum absolute atomic E-state index is 11.4. The molecule has 2 aromatic rings. The van der Waals surface area contributed by atoms with Gasteiger partial charge >= 0.3 is 0 Å². The van der Waals surface area contributed by atoms with E-state index in [4.69, 9.17) is 9.47 Å². The molecule has 1 spiro atoms. The number of phenolic OH excluding ortho intramolecular Hbond substituents is 2. The molecule has 2 N–H and O–H groups in total. The zero-order chi connectivity index (χ0) is 25.1. The van der Waals surface area contributed by atoms with Crippen LogP contribution in [0.3, 0.4) is 0 Å². The van der Waals surface area contributed by atoms with Gasteiger partial charge in [0.05, 0.1) is 11.0 Å². The van der Waals surface area contributed by atoms with Crippen molar-refractivity contribution in [3.63, 3.8) is 0 Å². The normalized spacial score (nSPS) is 35.1. The molecule has 2 saturated heterocycles. The molecule has 0 aromatic heterocycles. The van der Waals surface area contributed by atoms with Crippen LogP contribution in [0.25, 0.3) is 0 Å². The Balaban J connectivity index is 1.33. The molecule has 196 valence electrons. The molecule has 8 nitrogen and oxygen atoms in total. The molecule has 5 atom stereocenters. The smallest absolute Gasteiger partial charge is 0.142 e. The van der Waals surface area contributed by atoms with E-state index in [0.717, 1.165) is 87.0 Å². The Bertz CT molecular complexity index is 1270. The van der Waals surface area contributed by atoms with Crippen LogP contribution < -0.4 is 9.47 Å². The first kappa shape index (κ1) is 22.5. The molecule has 1 aliphatic carbocycles. The Labute approximate surface area is 218 Å². The van der Waals surface area contributed by atoms with Gasteiger partial charge < -0.3 is 29.5 Å². The molecular weight excluding hydrogens is 468 g/mol. The lowest BCUT2D eigenvalue weighted by Crippen LogP contribution is -2.72. The highest BCUT2D eigenvalue weighted by molar-refractivity contribution is 5.65. The fourth-order valence-electron chi connectivity index (χ4n) is 8.14. The molecular formula is C29H36N4O4. The van der Waals surface area contributed by atoms with E-state index >= 15 is 0 Å². The van der Waals surface area contributed by atoms with Crippen LogP contribution in [0.1, 0.15) is 40.8 Å². The number of ether oxygens (including phenoxy) is 2. The summed E-state index contributed by atoms with van der Waals surface area (Å²) in [6, 6.07) is 8.21. The first-order chi connectivity index (χ1) is 17.9. The van der Waals surface area contributed by atoms with Crippen molar-refractivity contribution in [2.75, 3.05) is 66.5 Å². The van der Waals surface area contributed by atoms with E-state index in [1.807, 2.05) is 12.1 Å². The maximum atomic E-state index is 11.4. The van der Waals surface area contributed by atoms with Gasteiger partial charge in [0.15, 0.2) is 0 Å². The molecule has 1 saturated carbocycles. The van der Waals surface area contributed by atoms with Gasteiger partial charge in [-0.2, -0.15) is 0 Å². The average Bonchev–Trinajstić information content (AvgIpc) is 3.27. The summed E-state index contributed by atoms with van der Waals surface area (Å²) in [5, 5.41) is 22.5. The van der Waals surface area contributed by atoms with Crippen LogP contribution in [0.15, 0.2) is 24.3 Å². The molecule has 3 fully saturated rings. The van der Waals surface area contributed by atoms with Gasteiger partial charge in [-0.15, -0.1) is 0 Å². The van der Waals surface area contributed by atoms with E-state index in [0.29, 0.717) is 18.2 Å². The van der Waals surface area contributed by atoms with Crippen molar-refractivity contribution in [3.05, 3.63) is 46.5 Å². The van der Waals surface area contributed by atoms with Crippen molar-refractivity contribution < 1.29 is 19.7 Å². The number of rotatable bonds is 2. The quantitative estimate of drug-likeness (QED) is 0.645. The van der Waals surface area contributed by atoms with Crippen molar-refractivity contribution >= 4 is 0 Å². The number of fused-ring (bicyclic) bond motifs is 1. The van der Waals surface area contributed by atoms with Crippen LogP contribution in [0.4, 0.5) is 0 Å². The number of piperazine rings is 2. The van der Waals surface area contributed by atoms with Crippen molar-refractivity contribution in [2.24, 2.45) is 0 Å². The van der Waals surface area contributed by atoms with Crippen LogP contribution in [-0.4, -0.2) is 108 Å². The van der Waals surface area contributed by atoms with Crippen molar-refractivity contribution in [2.45, 2.75) is 42.5 Å². The minimum absolute atomic E-state index is 0.0138. The van der Waals surface area contributed by atoms with Crippen molar-refractivity contribution in [1.82, 2.24) is 19.6 Å². The van der Waals surface area contributed by atoms with E-state index < -0.39 is 0 Å². The minimum atomic E-state index is -0.307. The molecule has 8 rings (SSSR count). The van der Waals surface area contributed by atoms with E-state index in [-0.39, 0.29) is 29.4 Å². The SMILES string of the molecule is CN1CCN(C2Cc3cc4c(cc3O)O[C@H]3CC(N5CCN(C)CC5)[C@@]35c3ccc(O)c2c3OC45)CC1. The van der Waals surface area contributed by atoms with Crippen LogP contribution in [0, 0.1) is 0 Å². The Morgan fingerprint density at radius 3 is 2.27 bits per heavy atom. The second-order valence-corrected chi connectivity index (χ2v) is 12.1. The van der Waals surface area contributed by atoms with Crippen molar-refractivity contribution in [1.29, 1.82) is 0 Å². The molecule has 6 aliphatic rings. The lowest BCUT2D eigenvalue weighted by molar-refractivity contribution is -0.132. The van der Waals surface area contributed by atoms with Gasteiger partial charge in [0.2, 0.25) is 0 Å². The molecule has 0 radical (unpaired) electrons. The monoisotopic (exact) mass is 504 g/mol. The molecule has 5 aliphatic heterocycles. The van der Waals surface area contributed by atoms with Gasteiger partial charge in [-0.05, 0) is 38.2 Å². The summed E-state index contributed by atoms with van der Waals surface area (Å²) in [5.74, 6) is 2.18. The highest BCUT2D eigenvalue weighted by atomic mass is 16.5. The summed E-state index contributed by atoms with van der Waals surface area (Å²) < 4.78 is 13.7. The van der Waals surface area contributed by atoms with Crippen molar-refractivity contribution in [3.8, 4) is 23.0 Å². The van der Waals surface area contributed by atoms with Crippen LogP contribution in [0.2, 0.25) is 0 Å². The molecule has 0 amide bonds. The number of phenols is 2. The first-order valence-corrected chi connectivity index (χ1v) is 13.9. The number of benzene rings is 2. The van der Waals surface area contributed by atoms with Crippen LogP contribution in [-0.2, 0) is 11.8 Å². The number of nitrogens with zero attached hydrogens (tertiary/aromatic N) is 4. The van der Waals surface area contributed by atoms with Gasteiger partial charge in [0, 0.05) is 88.1 Å². The highest BCUT2D eigenvalue weighted by Gasteiger charge is 2.71. The van der Waals surface area contributed by atoms with E-state index in [1.165, 1.54) is 5.56 Å². The third-order valence-electron chi connectivity index (χ3n) is 10.3. The Morgan fingerprint density at radius 1 is 0.838 bits per heavy atom. The number of hydrogen-bond donors (Lipinski definition) is 2. The Morgan fingerprint density at radius 2 is 1.54 bits per heavy atom. The second kappa shape index (κ2) is 7.76. The summed E-state index contributed by atoms with van der Waals surface area (Å²) >= 11 is 0. The molecule has 3 unspecified atom stereocenters. The Kier molecular flexibility index (Phi) is 4.71. The molecule has 2 aromatic carbocycles. The summed E-state index contributed by atoms with van der Waals surface area (Å²) in [4.78, 5) is 9.86. The zero-order valence-electron chi connectivity index (χ0n) is 21.7. The van der Waals surface area contributed by atoms with Gasteiger partial charge in [-0.1, -0.05) is 6.07 Å². The van der Waals surface area contributed by atoms with Gasteiger partial charge in [-0.3, -0.25) is 9.80 Å². The first-order valence-electron chi connectivity index (χ1n) is 13.9. The number of aromatic hydroxyl groups is 2. The zero-order valence-corrected chi connectivity index (χ0v) is 21.7. The summed E-state index contributed by atoms with van der Waals surface area (Å²) in [7, 11) is 4.36. The summed E-state index contributed by atoms with van der Waals surface area (Å²) in [5.41, 5.74) is 3.73. The minimum Gasteiger partial charge on any atom is -0.508 e. The van der Waals surface area contributed by atoms with E-state index in [2.05, 4.69) is 45.8 Å². The predicted molar refractivity (Wildman–Crippen MR) is 139 cm³/mol. The lowest BCUT2D eigenvalue weighted by atomic mass is 9.53. The van der Waals surface area contributed by atoms with Gasteiger partial charge in [0.1, 0.15) is 35.2 Å². The third kappa shape index (κ3) is 2.93. The molecule has 8 heteroatoms. The molecule has 4 bridgehead atoms. The van der Waals surface area contributed by atoms with E-state index in [1.54, 1.807) is 0 Å². The number of likely N-dealkylation sites (N-methyl/N-ethyl adjacent to an activating group) is 2. The molecule has 5 heterocycles. The standard InChI is InChI=1S/C29H36N4O4/c1-30-5-9-32(10-6-30)20-14-17-13-18-23(15-22(17)35)36-25-16-24(33-11-7-31(2)8-12-33)29(25)19-3-4-21(34)26(20)27(19)37-28(18)29/h3-4,13,15,20,24-25,28,34-35H,5-12,14,16H2,1-2H3/t20?,24?,25-,28?,29-/m0/s1. The summed E-state index contributed by atoms with van der Waals surface area (Å²) in [6.45, 7) is 8.02. The largest absolute Gasteiger partial charge is 0.508 e. The third-order valence-corrected chi connectivity index (χ3v) is 10.3. The molecule has 37 heavy (non-hydrogen) atoms. The average molecular weight is 505 g/mol. The highest BCUT2D eigenvalue weighted by Crippen LogP contribution is 2.68. The fraction of sp³-hybridized carbons (Fsp3) is 0.586. The number of hydrogen-bond acceptors (Lipinski definition) is 8. The topological polar surface area (TPSA) is 71.9 Å². The van der Waals surface area contributed by atoms with Crippen LogP contribution >= 0.6 is 0 Å². The lowest BCUT2D eigenvalue weighted by Gasteiger charge is -2.61. The van der Waals surface area contributed by atoms with E-state index in [9.17, 15) is 10.2 Å². The summed E-state index contributed by atoms with van der Waals surface area (Å²) in [6.07, 6.45) is 1.38. The van der Waals surface area contributed by atoms with Crippen LogP contribution in [0.5, 0.6) is 23.0 Å². The Hall–Kier alpha value is -2.52. The van der Waals surface area contributed by atoms with Gasteiger partial charge in [-0.25, -0.2) is 0 Å². The second-order valence-electron chi connectivity index (χ2n) is 12.1. The van der Waals surface area contributed by atoms with Gasteiger partial charge in [0.25, 0.3) is 0 Å². The predicted octanol–water partition coefficient (Wildman–Crippen LogP) is 2.09. The fourth-order valence-corrected chi connectivity index (χ4v) is 8.14. The maximum Gasteiger partial charge on any atom is 0.142 e.